The predicted molar refractivity (Wildman–Crippen MR) is 156 cm³/mol. The number of morpholine rings is 1. The lowest BCUT2D eigenvalue weighted by molar-refractivity contribution is -0.120. The molecular weight excluding hydrogens is 518 g/mol. The van der Waals surface area contributed by atoms with Crippen LogP contribution in [0, 0.1) is 0 Å². The van der Waals surface area contributed by atoms with Gasteiger partial charge in [0.05, 0.1) is 31.6 Å². The molecule has 1 saturated heterocycles. The van der Waals surface area contributed by atoms with E-state index in [1.807, 2.05) is 78.9 Å². The SMILES string of the molecule is COC(=O)N[C@H](C(=O)Cc1ccccc1CC[C@@H]1CN[C@H](C2=NN=NC2)CO1)C(c1ccccc1)c1ccccc1. The number of carbonyl (C=O) groups excluding carboxylic acids is 2. The lowest BCUT2D eigenvalue weighted by Crippen LogP contribution is -2.50. The molecule has 1 amide bonds. The fourth-order valence-electron chi connectivity index (χ4n) is 5.45. The number of ether oxygens (including phenoxy) is 2. The van der Waals surface area contributed by atoms with Crippen molar-refractivity contribution >= 4 is 17.6 Å². The maximum absolute atomic E-state index is 14.0. The Morgan fingerprint density at radius 3 is 2.22 bits per heavy atom. The quantitative estimate of drug-likeness (QED) is 0.364. The van der Waals surface area contributed by atoms with Crippen LogP contribution in [0.3, 0.4) is 0 Å². The first-order valence-corrected chi connectivity index (χ1v) is 13.9. The number of hydrogen-bond donors (Lipinski definition) is 2. The van der Waals surface area contributed by atoms with Gasteiger partial charge in [-0.05, 0) is 40.3 Å². The molecule has 0 spiro atoms. The zero-order valence-corrected chi connectivity index (χ0v) is 23.1. The number of benzene rings is 3. The molecule has 2 aliphatic rings. The molecule has 1 fully saturated rings. The van der Waals surface area contributed by atoms with Gasteiger partial charge in [0.2, 0.25) is 0 Å². The summed E-state index contributed by atoms with van der Waals surface area (Å²) < 4.78 is 11.0. The van der Waals surface area contributed by atoms with Gasteiger partial charge in [-0.25, -0.2) is 4.79 Å². The summed E-state index contributed by atoms with van der Waals surface area (Å²) in [6, 6.07) is 26.8. The summed E-state index contributed by atoms with van der Waals surface area (Å²) >= 11 is 0. The molecule has 3 atom stereocenters. The number of ketones is 1. The van der Waals surface area contributed by atoms with Gasteiger partial charge < -0.3 is 20.1 Å². The van der Waals surface area contributed by atoms with Crippen LogP contribution in [0.1, 0.15) is 34.6 Å². The van der Waals surface area contributed by atoms with Crippen molar-refractivity contribution in [3.63, 3.8) is 0 Å². The molecular formula is C32H35N5O4. The van der Waals surface area contributed by atoms with E-state index in [1.54, 1.807) is 0 Å². The van der Waals surface area contributed by atoms with Crippen LogP contribution in [-0.2, 0) is 27.1 Å². The molecule has 0 radical (unpaired) electrons. The van der Waals surface area contributed by atoms with Crippen molar-refractivity contribution in [2.75, 3.05) is 26.8 Å². The van der Waals surface area contributed by atoms with Gasteiger partial charge >= 0.3 is 6.09 Å². The number of alkyl carbamates (subject to hydrolysis) is 1. The van der Waals surface area contributed by atoms with Crippen LogP contribution < -0.4 is 10.6 Å². The number of rotatable bonds is 11. The summed E-state index contributed by atoms with van der Waals surface area (Å²) in [6.45, 7) is 1.77. The Balaban J connectivity index is 1.31. The lowest BCUT2D eigenvalue weighted by Gasteiger charge is -2.30. The minimum absolute atomic E-state index is 0.0487. The Labute approximate surface area is 240 Å². The molecule has 0 saturated carbocycles. The van der Waals surface area contributed by atoms with Gasteiger partial charge in [0, 0.05) is 18.9 Å². The second-order valence-electron chi connectivity index (χ2n) is 10.3. The topological polar surface area (TPSA) is 114 Å². The van der Waals surface area contributed by atoms with Crippen molar-refractivity contribution in [3.8, 4) is 0 Å². The van der Waals surface area contributed by atoms with Crippen LogP contribution in [0.4, 0.5) is 4.79 Å². The van der Waals surface area contributed by atoms with Crippen molar-refractivity contribution in [2.24, 2.45) is 15.4 Å². The van der Waals surface area contributed by atoms with Gasteiger partial charge in [-0.2, -0.15) is 5.11 Å². The third-order valence-corrected chi connectivity index (χ3v) is 7.64. The zero-order valence-electron chi connectivity index (χ0n) is 23.1. The van der Waals surface area contributed by atoms with Crippen molar-refractivity contribution in [1.82, 2.24) is 10.6 Å². The number of Topliss-reactive ketones (excluding diaryl/α,β-unsaturated/α-hetero) is 1. The summed E-state index contributed by atoms with van der Waals surface area (Å²) in [4.78, 5) is 26.5. The molecule has 0 unspecified atom stereocenters. The Hall–Kier alpha value is -4.21. The second kappa shape index (κ2) is 13.9. The van der Waals surface area contributed by atoms with Gasteiger partial charge in [0.25, 0.3) is 0 Å². The van der Waals surface area contributed by atoms with Gasteiger partial charge in [-0.1, -0.05) is 84.9 Å². The van der Waals surface area contributed by atoms with Gasteiger partial charge in [-0.15, -0.1) is 5.10 Å². The molecule has 2 heterocycles. The van der Waals surface area contributed by atoms with E-state index in [1.165, 1.54) is 7.11 Å². The molecule has 0 aliphatic carbocycles. The molecule has 212 valence electrons. The van der Waals surface area contributed by atoms with Crippen LogP contribution >= 0.6 is 0 Å². The first kappa shape index (κ1) is 28.3. The van der Waals surface area contributed by atoms with Crippen molar-refractivity contribution < 1.29 is 19.1 Å². The Morgan fingerprint density at radius 2 is 1.63 bits per heavy atom. The smallest absolute Gasteiger partial charge is 0.407 e. The molecule has 41 heavy (non-hydrogen) atoms. The lowest BCUT2D eigenvalue weighted by atomic mass is 9.81. The third kappa shape index (κ3) is 7.31. The van der Waals surface area contributed by atoms with E-state index in [0.717, 1.165) is 40.8 Å². The minimum atomic E-state index is -0.819. The molecule has 0 bridgehead atoms. The van der Waals surface area contributed by atoms with Crippen LogP contribution in [0.2, 0.25) is 0 Å². The predicted octanol–water partition coefficient (Wildman–Crippen LogP) is 4.47. The average Bonchev–Trinajstić information content (AvgIpc) is 3.57. The van der Waals surface area contributed by atoms with E-state index in [2.05, 4.69) is 32.1 Å². The second-order valence-corrected chi connectivity index (χ2v) is 10.3. The van der Waals surface area contributed by atoms with Gasteiger partial charge in [0.15, 0.2) is 5.78 Å². The van der Waals surface area contributed by atoms with E-state index < -0.39 is 12.1 Å². The first-order valence-electron chi connectivity index (χ1n) is 13.9. The number of hydrogen-bond acceptors (Lipinski definition) is 8. The molecule has 9 nitrogen and oxygen atoms in total. The first-order chi connectivity index (χ1) is 20.1. The summed E-state index contributed by atoms with van der Waals surface area (Å²) in [5.41, 5.74) is 4.82. The zero-order chi connectivity index (χ0) is 28.4. The molecule has 5 rings (SSSR count). The molecule has 2 N–H and O–H groups in total. The number of nitrogens with one attached hydrogen (secondary N) is 2. The number of nitrogens with zero attached hydrogens (tertiary/aromatic N) is 3. The van der Waals surface area contributed by atoms with Crippen LogP contribution in [0.5, 0.6) is 0 Å². The number of methoxy groups -OCH3 is 1. The molecule has 3 aromatic carbocycles. The fraction of sp³-hybridized carbons (Fsp3) is 0.344. The maximum Gasteiger partial charge on any atom is 0.407 e. The summed E-state index contributed by atoms with van der Waals surface area (Å²) in [5, 5.41) is 18.0. The third-order valence-electron chi connectivity index (χ3n) is 7.64. The fourth-order valence-corrected chi connectivity index (χ4v) is 5.45. The van der Waals surface area contributed by atoms with E-state index in [4.69, 9.17) is 9.47 Å². The molecule has 3 aromatic rings. The average molecular weight is 554 g/mol. The summed E-state index contributed by atoms with van der Waals surface area (Å²) in [7, 11) is 1.31. The summed E-state index contributed by atoms with van der Waals surface area (Å²) in [5.74, 6) is -0.469. The number of aryl methyl sites for hydroxylation is 1. The van der Waals surface area contributed by atoms with E-state index in [0.29, 0.717) is 19.7 Å². The highest BCUT2D eigenvalue weighted by Crippen LogP contribution is 2.30. The minimum Gasteiger partial charge on any atom is -0.453 e. The van der Waals surface area contributed by atoms with Gasteiger partial charge in [0.1, 0.15) is 12.6 Å². The summed E-state index contributed by atoms with van der Waals surface area (Å²) in [6.07, 6.45) is 1.17. The Morgan fingerprint density at radius 1 is 0.976 bits per heavy atom. The monoisotopic (exact) mass is 553 g/mol. The van der Waals surface area contributed by atoms with Crippen LogP contribution in [0.25, 0.3) is 0 Å². The van der Waals surface area contributed by atoms with E-state index in [9.17, 15) is 9.59 Å². The molecule has 9 heteroatoms. The molecule has 2 aliphatic heterocycles. The standard InChI is InChI=1S/C32H35N5O4/c1-40-32(39)35-31(30(23-11-4-2-5-12-23)24-13-6-3-7-14-24)29(38)18-25-15-9-8-10-22(25)16-17-26-19-33-28(21-41-26)27-20-34-37-36-27/h2-15,26,28,30-31,33H,16-21H2,1H3,(H,35,39)/t26-,28+,31-/m1/s1. The highest BCUT2D eigenvalue weighted by atomic mass is 16.5. The number of carbonyl (C=O) groups is 2. The van der Waals surface area contributed by atoms with Crippen LogP contribution in [-0.4, -0.2) is 62.6 Å². The Kier molecular flexibility index (Phi) is 9.61. The van der Waals surface area contributed by atoms with Crippen LogP contribution in [0.15, 0.2) is 100 Å². The highest BCUT2D eigenvalue weighted by Gasteiger charge is 2.33. The van der Waals surface area contributed by atoms with Gasteiger partial charge in [-0.3, -0.25) is 4.79 Å². The normalized spacial score (nSPS) is 19.0. The largest absolute Gasteiger partial charge is 0.453 e. The van der Waals surface area contributed by atoms with Crippen molar-refractivity contribution in [1.29, 1.82) is 0 Å². The Bertz CT molecular complexity index is 1330. The van der Waals surface area contributed by atoms with E-state index >= 15 is 0 Å². The van der Waals surface area contributed by atoms with Crippen molar-refractivity contribution in [2.45, 2.75) is 43.4 Å². The molecule has 0 aromatic heterocycles. The van der Waals surface area contributed by atoms with Crippen molar-refractivity contribution in [3.05, 3.63) is 107 Å². The number of amides is 1. The maximum atomic E-state index is 14.0. The highest BCUT2D eigenvalue weighted by molar-refractivity contribution is 5.92. The van der Waals surface area contributed by atoms with E-state index in [-0.39, 0.29) is 30.3 Å².